The molecule has 0 saturated carbocycles. The molecule has 0 bridgehead atoms. The van der Waals surface area contributed by atoms with Gasteiger partial charge in [0.05, 0.1) is 5.41 Å². The molecule has 2 atom stereocenters. The molecule has 2 N–H and O–H groups in total. The number of nitrogens with two attached hydrogens (primary N) is 1. The van der Waals surface area contributed by atoms with Gasteiger partial charge in [-0.15, -0.1) is 0 Å². The van der Waals surface area contributed by atoms with Gasteiger partial charge in [0, 0.05) is 52.0 Å². The van der Waals surface area contributed by atoms with Crippen LogP contribution < -0.4 is 5.73 Å². The number of ether oxygens (including phenoxy) is 1. The van der Waals surface area contributed by atoms with Crippen LogP contribution in [0.4, 0.5) is 0 Å². The molecular formula is C21H33N3O2. The molecule has 26 heavy (non-hydrogen) atoms. The molecule has 0 aliphatic carbocycles. The second kappa shape index (κ2) is 8.51. The van der Waals surface area contributed by atoms with Crippen molar-refractivity contribution in [2.24, 2.45) is 11.1 Å². The molecule has 3 rings (SSSR count). The number of rotatable bonds is 5. The van der Waals surface area contributed by atoms with E-state index in [4.69, 9.17) is 10.5 Å². The van der Waals surface area contributed by atoms with Crippen LogP contribution >= 0.6 is 0 Å². The van der Waals surface area contributed by atoms with Crippen molar-refractivity contribution in [3.05, 3.63) is 35.9 Å². The van der Waals surface area contributed by atoms with Crippen LogP contribution in [0.2, 0.25) is 0 Å². The topological polar surface area (TPSA) is 58.8 Å². The van der Waals surface area contributed by atoms with Gasteiger partial charge in [0.15, 0.2) is 0 Å². The Morgan fingerprint density at radius 3 is 2.62 bits per heavy atom. The van der Waals surface area contributed by atoms with Crippen molar-refractivity contribution in [2.75, 3.05) is 33.4 Å². The van der Waals surface area contributed by atoms with E-state index >= 15 is 0 Å². The third-order valence-corrected chi connectivity index (χ3v) is 6.38. The number of hydrogen-bond donors (Lipinski definition) is 1. The summed E-state index contributed by atoms with van der Waals surface area (Å²) in [6.07, 6.45) is 3.53. The molecule has 144 valence electrons. The Balaban J connectivity index is 1.59. The first-order valence-corrected chi connectivity index (χ1v) is 9.89. The molecule has 2 saturated heterocycles. The normalized spacial score (nSPS) is 26.4. The minimum atomic E-state index is -0.419. The van der Waals surface area contributed by atoms with Crippen molar-refractivity contribution in [1.29, 1.82) is 0 Å². The first-order valence-electron chi connectivity index (χ1n) is 9.89. The largest absolute Gasteiger partial charge is 0.381 e. The molecule has 2 aliphatic heterocycles. The number of amides is 1. The van der Waals surface area contributed by atoms with Crippen LogP contribution in [0.25, 0.3) is 0 Å². The minimum absolute atomic E-state index is 0.219. The van der Waals surface area contributed by atoms with Crippen molar-refractivity contribution >= 4 is 5.91 Å². The Morgan fingerprint density at radius 1 is 1.31 bits per heavy atom. The van der Waals surface area contributed by atoms with Gasteiger partial charge in [-0.1, -0.05) is 30.3 Å². The molecule has 1 aromatic rings. The first-order chi connectivity index (χ1) is 12.6. The van der Waals surface area contributed by atoms with Gasteiger partial charge < -0.3 is 15.4 Å². The molecule has 2 fully saturated rings. The number of nitrogens with zero attached hydrogens (tertiary/aromatic N) is 2. The fourth-order valence-corrected chi connectivity index (χ4v) is 4.41. The number of piperidine rings is 1. The summed E-state index contributed by atoms with van der Waals surface area (Å²) in [7, 11) is 1.97. The second-order valence-corrected chi connectivity index (χ2v) is 8.00. The van der Waals surface area contributed by atoms with E-state index in [0.717, 1.165) is 38.8 Å². The summed E-state index contributed by atoms with van der Waals surface area (Å²) in [5.74, 6) is 0.219. The summed E-state index contributed by atoms with van der Waals surface area (Å²) in [6.45, 7) is 5.99. The lowest BCUT2D eigenvalue weighted by atomic mass is 9.78. The number of carbonyl (C=O) groups excluding carboxylic acids is 1. The molecule has 2 unspecified atom stereocenters. The van der Waals surface area contributed by atoms with Gasteiger partial charge in [-0.25, -0.2) is 0 Å². The summed E-state index contributed by atoms with van der Waals surface area (Å²) in [5.41, 5.74) is 6.96. The molecule has 2 aliphatic rings. The summed E-state index contributed by atoms with van der Waals surface area (Å²) in [6, 6.07) is 11.4. The first kappa shape index (κ1) is 19.3. The van der Waals surface area contributed by atoms with Gasteiger partial charge in [0.25, 0.3) is 0 Å². The van der Waals surface area contributed by atoms with Gasteiger partial charge in [-0.2, -0.15) is 0 Å². The molecule has 5 heteroatoms. The van der Waals surface area contributed by atoms with E-state index in [0.29, 0.717) is 31.8 Å². The SMILES string of the molecule is CC1CC(N(C)C(=O)C2(CN)CCOCC2)CCN1Cc1ccccc1. The molecule has 1 aromatic carbocycles. The number of likely N-dealkylation sites (tertiary alicyclic amines) is 1. The molecule has 0 radical (unpaired) electrons. The monoisotopic (exact) mass is 359 g/mol. The zero-order valence-corrected chi connectivity index (χ0v) is 16.2. The Hall–Kier alpha value is -1.43. The maximum Gasteiger partial charge on any atom is 0.230 e. The van der Waals surface area contributed by atoms with E-state index in [1.165, 1.54) is 5.56 Å². The zero-order chi connectivity index (χ0) is 18.6. The van der Waals surface area contributed by atoms with Crippen LogP contribution in [0.3, 0.4) is 0 Å². The molecule has 0 aromatic heterocycles. The van der Waals surface area contributed by atoms with Crippen LogP contribution in [-0.4, -0.2) is 61.1 Å². The molecule has 1 amide bonds. The van der Waals surface area contributed by atoms with Crippen molar-refractivity contribution in [2.45, 2.75) is 51.2 Å². The quantitative estimate of drug-likeness (QED) is 0.876. The van der Waals surface area contributed by atoms with Crippen LogP contribution in [-0.2, 0) is 16.1 Å². The molecule has 5 nitrogen and oxygen atoms in total. The highest BCUT2D eigenvalue weighted by Gasteiger charge is 2.42. The fourth-order valence-electron chi connectivity index (χ4n) is 4.41. The van der Waals surface area contributed by atoms with E-state index in [2.05, 4.69) is 42.2 Å². The Bertz CT molecular complexity index is 586. The van der Waals surface area contributed by atoms with Gasteiger partial charge in [0.1, 0.15) is 0 Å². The van der Waals surface area contributed by atoms with Crippen LogP contribution in [0.1, 0.15) is 38.2 Å². The summed E-state index contributed by atoms with van der Waals surface area (Å²) >= 11 is 0. The summed E-state index contributed by atoms with van der Waals surface area (Å²) in [4.78, 5) is 17.7. The van der Waals surface area contributed by atoms with Gasteiger partial charge in [-0.3, -0.25) is 9.69 Å². The lowest BCUT2D eigenvalue weighted by Gasteiger charge is -2.45. The Morgan fingerprint density at radius 2 is 2.00 bits per heavy atom. The van der Waals surface area contributed by atoms with Crippen molar-refractivity contribution in [3.8, 4) is 0 Å². The maximum atomic E-state index is 13.2. The highest BCUT2D eigenvalue weighted by molar-refractivity contribution is 5.83. The van der Waals surface area contributed by atoms with Gasteiger partial charge in [-0.05, 0) is 38.2 Å². The molecular weight excluding hydrogens is 326 g/mol. The van der Waals surface area contributed by atoms with Crippen molar-refractivity contribution in [3.63, 3.8) is 0 Å². The third kappa shape index (κ3) is 4.11. The Kier molecular flexibility index (Phi) is 6.33. The number of carbonyl (C=O) groups is 1. The highest BCUT2D eigenvalue weighted by Crippen LogP contribution is 2.33. The molecule has 0 spiro atoms. The fraction of sp³-hybridized carbons (Fsp3) is 0.667. The minimum Gasteiger partial charge on any atom is -0.381 e. The van der Waals surface area contributed by atoms with Crippen LogP contribution in [0.15, 0.2) is 30.3 Å². The third-order valence-electron chi connectivity index (χ3n) is 6.38. The Labute approximate surface area is 157 Å². The van der Waals surface area contributed by atoms with Crippen LogP contribution in [0, 0.1) is 5.41 Å². The van der Waals surface area contributed by atoms with Crippen molar-refractivity contribution < 1.29 is 9.53 Å². The smallest absolute Gasteiger partial charge is 0.230 e. The predicted octanol–water partition coefficient (Wildman–Crippen LogP) is 2.25. The number of benzene rings is 1. The van der Waals surface area contributed by atoms with E-state index in [9.17, 15) is 4.79 Å². The van der Waals surface area contributed by atoms with Crippen molar-refractivity contribution in [1.82, 2.24) is 9.80 Å². The van der Waals surface area contributed by atoms with Gasteiger partial charge >= 0.3 is 0 Å². The lowest BCUT2D eigenvalue weighted by Crippen LogP contribution is -2.55. The standard InChI is InChI=1S/C21H33N3O2/c1-17-14-19(8-11-24(17)15-18-6-4-3-5-7-18)23(2)20(25)21(16-22)9-12-26-13-10-21/h3-7,17,19H,8-16,22H2,1-2H3. The lowest BCUT2D eigenvalue weighted by molar-refractivity contribution is -0.149. The summed E-state index contributed by atoms with van der Waals surface area (Å²) < 4.78 is 5.46. The number of hydrogen-bond acceptors (Lipinski definition) is 4. The second-order valence-electron chi connectivity index (χ2n) is 8.00. The average Bonchev–Trinajstić information content (AvgIpc) is 2.69. The van der Waals surface area contributed by atoms with E-state index in [-0.39, 0.29) is 5.91 Å². The average molecular weight is 360 g/mol. The van der Waals surface area contributed by atoms with E-state index < -0.39 is 5.41 Å². The van der Waals surface area contributed by atoms with E-state index in [1.807, 2.05) is 11.9 Å². The van der Waals surface area contributed by atoms with E-state index in [1.54, 1.807) is 0 Å². The zero-order valence-electron chi connectivity index (χ0n) is 16.2. The maximum absolute atomic E-state index is 13.2. The molecule has 2 heterocycles. The van der Waals surface area contributed by atoms with Crippen LogP contribution in [0.5, 0.6) is 0 Å². The predicted molar refractivity (Wildman–Crippen MR) is 104 cm³/mol. The highest BCUT2D eigenvalue weighted by atomic mass is 16.5. The summed E-state index contributed by atoms with van der Waals surface area (Å²) in [5, 5.41) is 0. The van der Waals surface area contributed by atoms with Gasteiger partial charge in [0.2, 0.25) is 5.91 Å².